The van der Waals surface area contributed by atoms with Crippen molar-refractivity contribution in [2.24, 2.45) is 0 Å². The van der Waals surface area contributed by atoms with Gasteiger partial charge in [-0.05, 0) is 31.5 Å². The van der Waals surface area contributed by atoms with Crippen LogP contribution in [-0.4, -0.2) is 62.3 Å². The zero-order valence-corrected chi connectivity index (χ0v) is 13.4. The molecule has 0 bridgehead atoms. The fraction of sp³-hybridized carbons (Fsp3) is 0.562. The first kappa shape index (κ1) is 17.6. The zero-order chi connectivity index (χ0) is 16.7. The van der Waals surface area contributed by atoms with Crippen LogP contribution in [0.15, 0.2) is 18.2 Å². The summed E-state index contributed by atoms with van der Waals surface area (Å²) in [7, 11) is 1.68. The highest BCUT2D eigenvalue weighted by Gasteiger charge is 2.19. The van der Waals surface area contributed by atoms with Crippen LogP contribution in [0.2, 0.25) is 0 Å². The number of carbonyl (C=O) groups is 1. The minimum atomic E-state index is -0.769. The molecule has 1 fully saturated rings. The number of rotatable bonds is 5. The quantitative estimate of drug-likeness (QED) is 0.846. The SMILES string of the molecule is COCCCN1CCCN(C(=O)Nc2ccc(F)cc2F)CC1. The lowest BCUT2D eigenvalue weighted by Gasteiger charge is -2.22. The van der Waals surface area contributed by atoms with Gasteiger partial charge in [-0.15, -0.1) is 0 Å². The van der Waals surface area contributed by atoms with E-state index in [2.05, 4.69) is 10.2 Å². The van der Waals surface area contributed by atoms with Crippen molar-refractivity contribution in [1.82, 2.24) is 9.80 Å². The first-order valence-electron chi connectivity index (χ1n) is 7.82. The number of halogens is 2. The number of anilines is 1. The molecule has 0 radical (unpaired) electrons. The van der Waals surface area contributed by atoms with Crippen molar-refractivity contribution in [3.8, 4) is 0 Å². The molecule has 128 valence electrons. The van der Waals surface area contributed by atoms with Gasteiger partial charge in [0.2, 0.25) is 0 Å². The summed E-state index contributed by atoms with van der Waals surface area (Å²) in [5.74, 6) is -1.43. The van der Waals surface area contributed by atoms with Crippen LogP contribution in [0.3, 0.4) is 0 Å². The van der Waals surface area contributed by atoms with E-state index < -0.39 is 11.6 Å². The Balaban J connectivity index is 1.85. The van der Waals surface area contributed by atoms with Gasteiger partial charge < -0.3 is 19.9 Å². The minimum Gasteiger partial charge on any atom is -0.385 e. The summed E-state index contributed by atoms with van der Waals surface area (Å²) in [5, 5.41) is 2.51. The molecule has 0 spiro atoms. The predicted molar refractivity (Wildman–Crippen MR) is 84.5 cm³/mol. The van der Waals surface area contributed by atoms with Crippen LogP contribution < -0.4 is 5.32 Å². The van der Waals surface area contributed by atoms with Gasteiger partial charge in [0.05, 0.1) is 5.69 Å². The first-order chi connectivity index (χ1) is 11.1. The Morgan fingerprint density at radius 2 is 2.09 bits per heavy atom. The first-order valence-corrected chi connectivity index (χ1v) is 7.82. The molecule has 0 atom stereocenters. The Morgan fingerprint density at radius 3 is 2.83 bits per heavy atom. The fourth-order valence-corrected chi connectivity index (χ4v) is 2.62. The summed E-state index contributed by atoms with van der Waals surface area (Å²) in [6, 6.07) is 2.76. The molecule has 1 saturated heterocycles. The molecule has 1 aliphatic heterocycles. The minimum absolute atomic E-state index is 0.00222. The van der Waals surface area contributed by atoms with Crippen LogP contribution >= 0.6 is 0 Å². The van der Waals surface area contributed by atoms with Crippen LogP contribution in [0.1, 0.15) is 12.8 Å². The highest BCUT2D eigenvalue weighted by molar-refractivity contribution is 5.89. The van der Waals surface area contributed by atoms with Crippen LogP contribution in [0.25, 0.3) is 0 Å². The molecule has 23 heavy (non-hydrogen) atoms. The predicted octanol–water partition coefficient (Wildman–Crippen LogP) is 2.54. The van der Waals surface area contributed by atoms with Gasteiger partial charge in [-0.2, -0.15) is 0 Å². The topological polar surface area (TPSA) is 44.8 Å². The lowest BCUT2D eigenvalue weighted by Crippen LogP contribution is -2.38. The van der Waals surface area contributed by atoms with Gasteiger partial charge in [0.1, 0.15) is 11.6 Å². The molecular formula is C16H23F2N3O2. The largest absolute Gasteiger partial charge is 0.385 e. The van der Waals surface area contributed by atoms with Gasteiger partial charge in [0.25, 0.3) is 0 Å². The molecule has 2 rings (SSSR count). The smallest absolute Gasteiger partial charge is 0.321 e. The second-order valence-corrected chi connectivity index (χ2v) is 5.58. The molecule has 0 aromatic heterocycles. The normalized spacial score (nSPS) is 16.2. The van der Waals surface area contributed by atoms with E-state index in [4.69, 9.17) is 4.74 Å². The third-order valence-corrected chi connectivity index (χ3v) is 3.87. The second-order valence-electron chi connectivity index (χ2n) is 5.58. The third-order valence-electron chi connectivity index (χ3n) is 3.87. The van der Waals surface area contributed by atoms with Crippen LogP contribution in [-0.2, 0) is 4.74 Å². The van der Waals surface area contributed by atoms with E-state index in [1.54, 1.807) is 12.0 Å². The molecule has 5 nitrogen and oxygen atoms in total. The number of benzene rings is 1. The Kier molecular flexibility index (Phi) is 6.73. The maximum atomic E-state index is 13.6. The molecule has 0 saturated carbocycles. The van der Waals surface area contributed by atoms with Crippen molar-refractivity contribution in [3.63, 3.8) is 0 Å². The van der Waals surface area contributed by atoms with Crippen molar-refractivity contribution in [2.75, 3.05) is 51.8 Å². The zero-order valence-electron chi connectivity index (χ0n) is 13.4. The van der Waals surface area contributed by atoms with E-state index in [9.17, 15) is 13.6 Å². The van der Waals surface area contributed by atoms with Crippen molar-refractivity contribution in [2.45, 2.75) is 12.8 Å². The molecule has 0 unspecified atom stereocenters. The van der Waals surface area contributed by atoms with Gasteiger partial charge in [0.15, 0.2) is 0 Å². The summed E-state index contributed by atoms with van der Waals surface area (Å²) in [4.78, 5) is 16.2. The second kappa shape index (κ2) is 8.79. The maximum Gasteiger partial charge on any atom is 0.321 e. The number of hydrogen-bond acceptors (Lipinski definition) is 3. The molecule has 1 heterocycles. The monoisotopic (exact) mass is 327 g/mol. The molecule has 7 heteroatoms. The molecule has 1 aromatic carbocycles. The van der Waals surface area contributed by atoms with Gasteiger partial charge in [-0.1, -0.05) is 0 Å². The number of nitrogens with zero attached hydrogens (tertiary/aromatic N) is 2. The summed E-state index contributed by atoms with van der Waals surface area (Å²) in [5.41, 5.74) is -0.00222. The molecular weight excluding hydrogens is 304 g/mol. The number of nitrogens with one attached hydrogen (secondary N) is 1. The highest BCUT2D eigenvalue weighted by atomic mass is 19.1. The number of ether oxygens (including phenoxy) is 1. The molecule has 2 amide bonds. The van der Waals surface area contributed by atoms with E-state index >= 15 is 0 Å². The van der Waals surface area contributed by atoms with E-state index in [0.29, 0.717) is 13.1 Å². The molecule has 1 aromatic rings. The molecule has 1 N–H and O–H groups in total. The summed E-state index contributed by atoms with van der Waals surface area (Å²) in [6.07, 6.45) is 1.83. The van der Waals surface area contributed by atoms with Gasteiger partial charge in [-0.25, -0.2) is 13.6 Å². The van der Waals surface area contributed by atoms with E-state index in [1.807, 2.05) is 0 Å². The number of methoxy groups -OCH3 is 1. The lowest BCUT2D eigenvalue weighted by atomic mass is 10.3. The number of hydrogen-bond donors (Lipinski definition) is 1. The van der Waals surface area contributed by atoms with Crippen molar-refractivity contribution >= 4 is 11.7 Å². The average molecular weight is 327 g/mol. The van der Waals surface area contributed by atoms with Gasteiger partial charge >= 0.3 is 6.03 Å². The van der Waals surface area contributed by atoms with E-state index in [1.165, 1.54) is 6.07 Å². The van der Waals surface area contributed by atoms with Crippen molar-refractivity contribution < 1.29 is 18.3 Å². The summed E-state index contributed by atoms with van der Waals surface area (Å²) < 4.78 is 31.5. The lowest BCUT2D eigenvalue weighted by molar-refractivity contribution is 0.172. The van der Waals surface area contributed by atoms with Gasteiger partial charge in [0, 0.05) is 46.0 Å². The summed E-state index contributed by atoms with van der Waals surface area (Å²) in [6.45, 7) is 4.58. The standard InChI is InChI=1S/C16H23F2N3O2/c1-23-11-3-7-20-6-2-8-21(10-9-20)16(22)19-15-5-4-13(17)12-14(15)18/h4-5,12H,2-3,6-11H2,1H3,(H,19,22). The van der Waals surface area contributed by atoms with Crippen LogP contribution in [0.4, 0.5) is 19.3 Å². The Bertz CT molecular complexity index is 528. The molecule has 0 aliphatic carbocycles. The number of amides is 2. The third kappa shape index (κ3) is 5.44. The Hall–Kier alpha value is -1.73. The maximum absolute atomic E-state index is 13.6. The average Bonchev–Trinajstić information content (AvgIpc) is 2.76. The fourth-order valence-electron chi connectivity index (χ4n) is 2.62. The Labute approximate surface area is 135 Å². The highest BCUT2D eigenvalue weighted by Crippen LogP contribution is 2.16. The Morgan fingerprint density at radius 1 is 1.26 bits per heavy atom. The molecule has 1 aliphatic rings. The van der Waals surface area contributed by atoms with E-state index in [0.717, 1.165) is 51.2 Å². The van der Waals surface area contributed by atoms with Gasteiger partial charge in [-0.3, -0.25) is 0 Å². The van der Waals surface area contributed by atoms with Crippen molar-refractivity contribution in [3.05, 3.63) is 29.8 Å². The number of urea groups is 1. The number of carbonyl (C=O) groups excluding carboxylic acids is 1. The van der Waals surface area contributed by atoms with E-state index in [-0.39, 0.29) is 11.7 Å². The van der Waals surface area contributed by atoms with Crippen LogP contribution in [0, 0.1) is 11.6 Å². The van der Waals surface area contributed by atoms with Crippen molar-refractivity contribution in [1.29, 1.82) is 0 Å². The van der Waals surface area contributed by atoms with Crippen LogP contribution in [0.5, 0.6) is 0 Å². The summed E-state index contributed by atoms with van der Waals surface area (Å²) >= 11 is 0.